The fourth-order valence-corrected chi connectivity index (χ4v) is 5.10. The van der Waals surface area contributed by atoms with E-state index in [-0.39, 0.29) is 57.7 Å². The summed E-state index contributed by atoms with van der Waals surface area (Å²) >= 11 is 13.1. The molecular formula is C34H32Cl2N6O5. The predicted molar refractivity (Wildman–Crippen MR) is 185 cm³/mol. The lowest BCUT2D eigenvalue weighted by molar-refractivity contribution is -0.114. The highest BCUT2D eigenvalue weighted by atomic mass is 35.5. The molecule has 0 saturated heterocycles. The molecule has 0 aliphatic heterocycles. The number of rotatable bonds is 13. The first-order valence-electron chi connectivity index (χ1n) is 14.1. The van der Waals surface area contributed by atoms with E-state index in [9.17, 15) is 14.4 Å². The van der Waals surface area contributed by atoms with E-state index in [0.29, 0.717) is 22.8 Å². The number of nitrogens with zero attached hydrogens (tertiary/aromatic N) is 3. The number of urea groups is 1. The molecule has 242 valence electrons. The van der Waals surface area contributed by atoms with Crippen molar-refractivity contribution < 1.29 is 23.9 Å². The van der Waals surface area contributed by atoms with Crippen molar-refractivity contribution in [3.8, 4) is 11.5 Å². The summed E-state index contributed by atoms with van der Waals surface area (Å²) in [4.78, 5) is 48.1. The highest BCUT2D eigenvalue weighted by Crippen LogP contribution is 2.44. The highest BCUT2D eigenvalue weighted by molar-refractivity contribution is 6.41. The summed E-state index contributed by atoms with van der Waals surface area (Å²) in [6, 6.07) is 15.0. The van der Waals surface area contributed by atoms with Crippen LogP contribution in [0.3, 0.4) is 0 Å². The SMILES string of the molecule is C=CC(=O)Cc1cccc(C)c1Nc1cc(N(Cc2ccc(NC(=O)C=C)cc2)C(=O)Nc2c(Cl)c(OC)cc(OC)c2Cl)ncn1. The fraction of sp³-hybridized carbons (Fsp3) is 0.147. The molecule has 11 nitrogen and oxygen atoms in total. The molecule has 0 saturated carbocycles. The van der Waals surface area contributed by atoms with E-state index in [1.807, 2.05) is 25.1 Å². The molecule has 13 heteroatoms. The number of ether oxygens (including phenoxy) is 2. The van der Waals surface area contributed by atoms with Crippen molar-refractivity contribution in [3.63, 3.8) is 0 Å². The van der Waals surface area contributed by atoms with Gasteiger partial charge >= 0.3 is 6.03 Å². The number of methoxy groups -OCH3 is 2. The van der Waals surface area contributed by atoms with Crippen LogP contribution < -0.4 is 30.3 Å². The molecule has 3 amide bonds. The molecule has 0 aliphatic carbocycles. The number of benzene rings is 3. The van der Waals surface area contributed by atoms with Gasteiger partial charge in [0.05, 0.1) is 26.5 Å². The second-order valence-electron chi connectivity index (χ2n) is 10.0. The molecule has 47 heavy (non-hydrogen) atoms. The number of aromatic nitrogens is 2. The van der Waals surface area contributed by atoms with Crippen molar-refractivity contribution in [2.75, 3.05) is 35.1 Å². The van der Waals surface area contributed by atoms with Crippen LogP contribution in [0.15, 0.2) is 86.2 Å². The van der Waals surface area contributed by atoms with Crippen LogP contribution in [0, 0.1) is 6.92 Å². The number of carbonyl (C=O) groups is 3. The minimum atomic E-state index is -0.633. The number of anilines is 5. The van der Waals surface area contributed by atoms with E-state index in [1.165, 1.54) is 43.7 Å². The third-order valence-corrected chi connectivity index (χ3v) is 7.68. The molecule has 4 aromatic rings. The van der Waals surface area contributed by atoms with Gasteiger partial charge in [-0.1, -0.05) is 66.7 Å². The Hall–Kier alpha value is -5.39. The van der Waals surface area contributed by atoms with Gasteiger partial charge in [0.1, 0.15) is 39.5 Å². The average molecular weight is 676 g/mol. The minimum Gasteiger partial charge on any atom is -0.495 e. The van der Waals surface area contributed by atoms with E-state index in [1.54, 1.807) is 30.3 Å². The first-order chi connectivity index (χ1) is 22.6. The highest BCUT2D eigenvalue weighted by Gasteiger charge is 2.24. The quantitative estimate of drug-likeness (QED) is 0.124. The first-order valence-corrected chi connectivity index (χ1v) is 14.9. The molecule has 0 fully saturated rings. The maximum Gasteiger partial charge on any atom is 0.327 e. The molecule has 0 atom stereocenters. The molecule has 0 unspecified atom stereocenters. The number of amides is 3. The number of hydrogen-bond acceptors (Lipinski definition) is 8. The van der Waals surface area contributed by atoms with Gasteiger partial charge in [-0.05, 0) is 47.9 Å². The van der Waals surface area contributed by atoms with Crippen LogP contribution in [0.25, 0.3) is 0 Å². The molecule has 0 spiro atoms. The molecule has 4 rings (SSSR count). The van der Waals surface area contributed by atoms with Crippen molar-refractivity contribution in [1.29, 1.82) is 0 Å². The molecule has 0 radical (unpaired) electrons. The summed E-state index contributed by atoms with van der Waals surface area (Å²) in [5.74, 6) is 0.590. The number of ketones is 1. The Morgan fingerprint density at radius 3 is 2.19 bits per heavy atom. The van der Waals surface area contributed by atoms with Gasteiger partial charge in [0.25, 0.3) is 0 Å². The van der Waals surface area contributed by atoms with Gasteiger partial charge in [0.2, 0.25) is 5.91 Å². The van der Waals surface area contributed by atoms with E-state index < -0.39 is 6.03 Å². The lowest BCUT2D eigenvalue weighted by Crippen LogP contribution is -2.35. The number of carbonyl (C=O) groups excluding carboxylic acids is 3. The summed E-state index contributed by atoms with van der Waals surface area (Å²) in [5.41, 5.74) is 3.66. The lowest BCUT2D eigenvalue weighted by Gasteiger charge is -2.24. The molecule has 1 aromatic heterocycles. The second kappa shape index (κ2) is 15.7. The van der Waals surface area contributed by atoms with Crippen molar-refractivity contribution in [1.82, 2.24) is 9.97 Å². The molecule has 3 aromatic carbocycles. The number of hydrogen-bond donors (Lipinski definition) is 3. The van der Waals surface area contributed by atoms with Gasteiger partial charge in [0, 0.05) is 29.9 Å². The van der Waals surface area contributed by atoms with Crippen LogP contribution in [-0.4, -0.2) is 41.9 Å². The molecule has 0 aliphatic rings. The van der Waals surface area contributed by atoms with E-state index in [2.05, 4.69) is 39.1 Å². The minimum absolute atomic E-state index is 0.0394. The number of para-hydroxylation sites is 1. The van der Waals surface area contributed by atoms with Crippen LogP contribution >= 0.6 is 23.2 Å². The Morgan fingerprint density at radius 1 is 0.894 bits per heavy atom. The van der Waals surface area contributed by atoms with Gasteiger partial charge < -0.3 is 25.4 Å². The summed E-state index contributed by atoms with van der Waals surface area (Å²) in [6.07, 6.45) is 3.91. The summed E-state index contributed by atoms with van der Waals surface area (Å²) in [7, 11) is 2.85. The number of aryl methyl sites for hydroxylation is 1. The zero-order valence-corrected chi connectivity index (χ0v) is 27.4. The van der Waals surface area contributed by atoms with Gasteiger partial charge in [0.15, 0.2) is 5.78 Å². The Balaban J connectivity index is 1.73. The normalized spacial score (nSPS) is 10.4. The van der Waals surface area contributed by atoms with Crippen LogP contribution in [0.1, 0.15) is 16.7 Å². The monoisotopic (exact) mass is 674 g/mol. The zero-order valence-electron chi connectivity index (χ0n) is 25.9. The van der Waals surface area contributed by atoms with E-state index in [0.717, 1.165) is 11.1 Å². The third-order valence-electron chi connectivity index (χ3n) is 6.93. The maximum absolute atomic E-state index is 14.0. The van der Waals surface area contributed by atoms with Gasteiger partial charge in [-0.2, -0.15) is 0 Å². The summed E-state index contributed by atoms with van der Waals surface area (Å²) < 4.78 is 10.7. The van der Waals surface area contributed by atoms with Crippen molar-refractivity contribution in [3.05, 3.63) is 113 Å². The third kappa shape index (κ3) is 8.46. The maximum atomic E-state index is 14.0. The van der Waals surface area contributed by atoms with E-state index in [4.69, 9.17) is 32.7 Å². The molecular weight excluding hydrogens is 643 g/mol. The van der Waals surface area contributed by atoms with Crippen LogP contribution in [0.4, 0.5) is 33.5 Å². The van der Waals surface area contributed by atoms with Crippen LogP contribution in [0.2, 0.25) is 10.0 Å². The predicted octanol–water partition coefficient (Wildman–Crippen LogP) is 7.51. The lowest BCUT2D eigenvalue weighted by atomic mass is 10.0. The smallest absolute Gasteiger partial charge is 0.327 e. The van der Waals surface area contributed by atoms with Crippen molar-refractivity contribution >= 4 is 69.6 Å². The second-order valence-corrected chi connectivity index (χ2v) is 10.8. The number of nitrogens with one attached hydrogen (secondary N) is 3. The zero-order chi connectivity index (χ0) is 34.1. The largest absolute Gasteiger partial charge is 0.495 e. The first kappa shape index (κ1) is 34.5. The van der Waals surface area contributed by atoms with Crippen LogP contribution in [-0.2, 0) is 22.6 Å². The molecule has 1 heterocycles. The van der Waals surface area contributed by atoms with Crippen molar-refractivity contribution in [2.24, 2.45) is 0 Å². The Morgan fingerprint density at radius 2 is 1.57 bits per heavy atom. The Labute approximate surface area is 282 Å². The van der Waals surface area contributed by atoms with Gasteiger partial charge in [-0.25, -0.2) is 14.8 Å². The van der Waals surface area contributed by atoms with Crippen molar-refractivity contribution in [2.45, 2.75) is 19.9 Å². The molecule has 0 bridgehead atoms. The fourth-order valence-electron chi connectivity index (χ4n) is 4.50. The molecule has 3 N–H and O–H groups in total. The summed E-state index contributed by atoms with van der Waals surface area (Å²) in [6.45, 7) is 8.98. The number of halogens is 2. The Kier molecular flexibility index (Phi) is 11.6. The van der Waals surface area contributed by atoms with Gasteiger partial charge in [-0.3, -0.25) is 14.5 Å². The van der Waals surface area contributed by atoms with E-state index >= 15 is 0 Å². The van der Waals surface area contributed by atoms with Crippen LogP contribution in [0.5, 0.6) is 11.5 Å². The summed E-state index contributed by atoms with van der Waals surface area (Å²) in [5, 5.41) is 8.88. The standard InChI is InChI=1S/C34H32Cl2N6O5/c1-6-24(43)15-22-10-8-9-20(3)32(22)40-27-17-28(38-19-37-27)42(18-21-11-13-23(14-12-21)39-29(44)7-2)34(45)41-33-30(35)25(46-4)16-26(47-5)31(33)36/h6-14,16-17,19H,1-2,15,18H2,3-5H3,(H,39,44)(H,41,45)(H,37,38,40). The Bertz CT molecular complexity index is 1800. The topological polar surface area (TPSA) is 135 Å². The van der Waals surface area contributed by atoms with Gasteiger partial charge in [-0.15, -0.1) is 0 Å². The average Bonchev–Trinajstić information content (AvgIpc) is 3.07. The number of allylic oxidation sites excluding steroid dienone is 1.